The molecule has 1 rings (SSSR count). The van der Waals surface area contributed by atoms with Crippen LogP contribution in [0.4, 0.5) is 11.8 Å². The summed E-state index contributed by atoms with van der Waals surface area (Å²) in [5.41, 5.74) is 5.40. The van der Waals surface area contributed by atoms with Crippen molar-refractivity contribution >= 4 is 27.7 Å². The number of halogens is 1. The third kappa shape index (κ3) is 2.82. The second kappa shape index (κ2) is 4.38. The SMILES string of the molecule is CC(CO)Nc1nc(N)ncc1Br. The first-order chi connectivity index (χ1) is 6.13. The lowest BCUT2D eigenvalue weighted by Crippen LogP contribution is -2.20. The van der Waals surface area contributed by atoms with Crippen molar-refractivity contribution in [1.29, 1.82) is 0 Å². The summed E-state index contributed by atoms with van der Waals surface area (Å²) in [4.78, 5) is 7.75. The van der Waals surface area contributed by atoms with E-state index < -0.39 is 0 Å². The zero-order chi connectivity index (χ0) is 9.84. The van der Waals surface area contributed by atoms with Gasteiger partial charge in [0.2, 0.25) is 5.95 Å². The summed E-state index contributed by atoms with van der Waals surface area (Å²) in [6.07, 6.45) is 1.56. The van der Waals surface area contributed by atoms with Gasteiger partial charge < -0.3 is 16.2 Å². The predicted molar refractivity (Wildman–Crippen MR) is 54.3 cm³/mol. The molecule has 5 nitrogen and oxygen atoms in total. The summed E-state index contributed by atoms with van der Waals surface area (Å²) in [5, 5.41) is 11.8. The first-order valence-electron chi connectivity index (χ1n) is 3.79. The van der Waals surface area contributed by atoms with Gasteiger partial charge in [-0.1, -0.05) is 0 Å². The largest absolute Gasteiger partial charge is 0.394 e. The van der Waals surface area contributed by atoms with Gasteiger partial charge in [-0.25, -0.2) is 4.98 Å². The molecule has 1 aromatic rings. The zero-order valence-corrected chi connectivity index (χ0v) is 8.74. The first kappa shape index (κ1) is 10.2. The van der Waals surface area contributed by atoms with E-state index in [-0.39, 0.29) is 18.6 Å². The van der Waals surface area contributed by atoms with Crippen molar-refractivity contribution in [2.24, 2.45) is 0 Å². The van der Waals surface area contributed by atoms with Gasteiger partial charge in [-0.2, -0.15) is 4.98 Å². The Morgan fingerprint density at radius 1 is 1.77 bits per heavy atom. The van der Waals surface area contributed by atoms with Gasteiger partial charge in [-0.05, 0) is 22.9 Å². The van der Waals surface area contributed by atoms with Crippen LogP contribution in [0.2, 0.25) is 0 Å². The van der Waals surface area contributed by atoms with Crippen LogP contribution in [0.5, 0.6) is 0 Å². The number of aromatic nitrogens is 2. The van der Waals surface area contributed by atoms with Gasteiger partial charge in [0.15, 0.2) is 0 Å². The molecule has 0 bridgehead atoms. The molecule has 72 valence electrons. The van der Waals surface area contributed by atoms with Gasteiger partial charge in [0.1, 0.15) is 5.82 Å². The third-order valence-electron chi connectivity index (χ3n) is 1.42. The number of hydrogen-bond donors (Lipinski definition) is 3. The molecule has 0 radical (unpaired) electrons. The molecule has 0 amide bonds. The molecule has 6 heteroatoms. The Morgan fingerprint density at radius 3 is 3.08 bits per heavy atom. The van der Waals surface area contributed by atoms with Crippen LogP contribution in [0.15, 0.2) is 10.7 Å². The Balaban J connectivity index is 2.81. The Labute approximate surface area is 84.5 Å². The maximum Gasteiger partial charge on any atom is 0.221 e. The Kier molecular flexibility index (Phi) is 3.44. The van der Waals surface area contributed by atoms with E-state index in [1.54, 1.807) is 6.20 Å². The quantitative estimate of drug-likeness (QED) is 0.728. The summed E-state index contributed by atoms with van der Waals surface area (Å²) in [5.74, 6) is 0.796. The number of nitrogens with two attached hydrogens (primary N) is 1. The van der Waals surface area contributed by atoms with Crippen molar-refractivity contribution in [1.82, 2.24) is 9.97 Å². The Morgan fingerprint density at radius 2 is 2.46 bits per heavy atom. The van der Waals surface area contributed by atoms with Crippen LogP contribution in [0.1, 0.15) is 6.92 Å². The third-order valence-corrected chi connectivity index (χ3v) is 2.00. The fourth-order valence-corrected chi connectivity index (χ4v) is 1.07. The van der Waals surface area contributed by atoms with Crippen molar-refractivity contribution in [3.8, 4) is 0 Å². The van der Waals surface area contributed by atoms with Gasteiger partial charge in [-0.3, -0.25) is 0 Å². The molecule has 1 aromatic heterocycles. The highest BCUT2D eigenvalue weighted by Crippen LogP contribution is 2.19. The van der Waals surface area contributed by atoms with E-state index in [9.17, 15) is 0 Å². The van der Waals surface area contributed by atoms with Crippen molar-refractivity contribution in [2.75, 3.05) is 17.7 Å². The number of nitrogens with one attached hydrogen (secondary N) is 1. The summed E-state index contributed by atoms with van der Waals surface area (Å²) in [6, 6.07) is -0.0643. The van der Waals surface area contributed by atoms with E-state index in [0.29, 0.717) is 5.82 Å². The van der Waals surface area contributed by atoms with Gasteiger partial charge in [0.05, 0.1) is 11.1 Å². The molecule has 1 unspecified atom stereocenters. The lowest BCUT2D eigenvalue weighted by Gasteiger charge is -2.12. The number of nitrogen functional groups attached to an aromatic ring is 1. The molecular weight excluding hydrogens is 236 g/mol. The summed E-state index contributed by atoms with van der Waals surface area (Å²) in [6.45, 7) is 1.88. The van der Waals surface area contributed by atoms with E-state index in [2.05, 4.69) is 31.2 Å². The molecule has 0 aliphatic heterocycles. The van der Waals surface area contributed by atoms with Crippen molar-refractivity contribution < 1.29 is 5.11 Å². The molecule has 0 saturated carbocycles. The van der Waals surface area contributed by atoms with E-state index in [1.807, 2.05) is 6.92 Å². The molecule has 4 N–H and O–H groups in total. The average molecular weight is 247 g/mol. The molecule has 0 aromatic carbocycles. The monoisotopic (exact) mass is 246 g/mol. The number of aliphatic hydroxyl groups excluding tert-OH is 1. The van der Waals surface area contributed by atoms with E-state index in [1.165, 1.54) is 0 Å². The van der Waals surface area contributed by atoms with Crippen molar-refractivity contribution in [3.05, 3.63) is 10.7 Å². The van der Waals surface area contributed by atoms with Crippen molar-refractivity contribution in [3.63, 3.8) is 0 Å². The van der Waals surface area contributed by atoms with E-state index in [0.717, 1.165) is 4.47 Å². The molecule has 0 aliphatic rings. The van der Waals surface area contributed by atoms with Crippen LogP contribution in [-0.2, 0) is 0 Å². The van der Waals surface area contributed by atoms with E-state index >= 15 is 0 Å². The smallest absolute Gasteiger partial charge is 0.221 e. The van der Waals surface area contributed by atoms with Crippen LogP contribution in [0, 0.1) is 0 Å². The van der Waals surface area contributed by atoms with E-state index in [4.69, 9.17) is 10.8 Å². The summed E-state index contributed by atoms with van der Waals surface area (Å²) in [7, 11) is 0. The summed E-state index contributed by atoms with van der Waals surface area (Å²) >= 11 is 3.26. The topological polar surface area (TPSA) is 84.1 Å². The minimum Gasteiger partial charge on any atom is -0.394 e. The van der Waals surface area contributed by atoms with Crippen LogP contribution in [-0.4, -0.2) is 27.7 Å². The number of hydrogen-bond acceptors (Lipinski definition) is 5. The molecule has 1 heterocycles. The predicted octanol–water partition coefficient (Wildman–Crippen LogP) is 0.614. The standard InChI is InChI=1S/C7H11BrN4O/c1-4(3-13)11-6-5(8)2-10-7(9)12-6/h2,4,13H,3H2,1H3,(H3,9,10,11,12). The lowest BCUT2D eigenvalue weighted by atomic mass is 10.3. The fourth-order valence-electron chi connectivity index (χ4n) is 0.761. The second-order valence-electron chi connectivity index (χ2n) is 2.65. The minimum atomic E-state index is -0.0643. The number of nitrogens with zero attached hydrogens (tertiary/aromatic N) is 2. The highest BCUT2D eigenvalue weighted by Gasteiger charge is 2.05. The van der Waals surface area contributed by atoms with Crippen molar-refractivity contribution in [2.45, 2.75) is 13.0 Å². The second-order valence-corrected chi connectivity index (χ2v) is 3.51. The minimum absolute atomic E-state index is 0.0380. The van der Waals surface area contributed by atoms with Crippen LogP contribution < -0.4 is 11.1 Å². The number of anilines is 2. The molecule has 0 saturated heterocycles. The van der Waals surface area contributed by atoms with Gasteiger partial charge in [-0.15, -0.1) is 0 Å². The molecule has 0 aliphatic carbocycles. The molecule has 13 heavy (non-hydrogen) atoms. The average Bonchev–Trinajstić information content (AvgIpc) is 2.11. The number of rotatable bonds is 3. The van der Waals surface area contributed by atoms with Crippen LogP contribution in [0.25, 0.3) is 0 Å². The number of aliphatic hydroxyl groups is 1. The van der Waals surface area contributed by atoms with Crippen LogP contribution in [0.3, 0.4) is 0 Å². The normalized spacial score (nSPS) is 12.5. The Bertz CT molecular complexity index is 294. The first-order valence-corrected chi connectivity index (χ1v) is 4.58. The van der Waals surface area contributed by atoms with Gasteiger partial charge in [0, 0.05) is 12.2 Å². The fraction of sp³-hybridized carbons (Fsp3) is 0.429. The molecule has 0 fully saturated rings. The summed E-state index contributed by atoms with van der Waals surface area (Å²) < 4.78 is 0.724. The van der Waals surface area contributed by atoms with Crippen LogP contribution >= 0.6 is 15.9 Å². The molecule has 0 spiro atoms. The van der Waals surface area contributed by atoms with Gasteiger partial charge >= 0.3 is 0 Å². The van der Waals surface area contributed by atoms with Gasteiger partial charge in [0.25, 0.3) is 0 Å². The molecule has 1 atom stereocenters. The maximum atomic E-state index is 8.80. The highest BCUT2D eigenvalue weighted by atomic mass is 79.9. The molecular formula is C7H11BrN4O. The Hall–Kier alpha value is -0.880. The zero-order valence-electron chi connectivity index (χ0n) is 7.16. The highest BCUT2D eigenvalue weighted by molar-refractivity contribution is 9.10. The maximum absolute atomic E-state index is 8.80. The lowest BCUT2D eigenvalue weighted by molar-refractivity contribution is 0.281.